The Morgan fingerprint density at radius 3 is 2.38 bits per heavy atom. The molecule has 0 spiro atoms. The minimum absolute atomic E-state index is 0.160. The number of hydrogen-bond acceptors (Lipinski definition) is 2. The molecule has 1 heterocycles. The summed E-state index contributed by atoms with van der Waals surface area (Å²) in [6.07, 6.45) is 1.30. The number of hydrogen-bond donors (Lipinski definition) is 1. The molecule has 1 fully saturated rings. The number of likely N-dealkylation sites (tertiary alicyclic amines) is 1. The fourth-order valence-electron chi connectivity index (χ4n) is 2.16. The van der Waals surface area contributed by atoms with Gasteiger partial charge in [0.05, 0.1) is 0 Å². The number of carbonyl (C=O) groups is 2. The zero-order valence-corrected chi connectivity index (χ0v) is 10.2. The van der Waals surface area contributed by atoms with Crippen LogP contribution in [0.15, 0.2) is 0 Å². The van der Waals surface area contributed by atoms with Crippen molar-refractivity contribution in [2.24, 2.45) is 0 Å². The first-order valence-electron chi connectivity index (χ1n) is 5.77. The first kappa shape index (κ1) is 12.8. The zero-order chi connectivity index (χ0) is 12.3. The van der Waals surface area contributed by atoms with E-state index in [9.17, 15) is 14.7 Å². The molecule has 5 nitrogen and oxygen atoms in total. The molecule has 1 atom stereocenters. The molecule has 0 radical (unpaired) electrons. The van der Waals surface area contributed by atoms with Crippen molar-refractivity contribution in [1.29, 1.82) is 0 Å². The van der Waals surface area contributed by atoms with Crippen LogP contribution >= 0.6 is 0 Å². The number of carboxylic acid groups (broad SMARTS) is 1. The van der Waals surface area contributed by atoms with E-state index in [0.29, 0.717) is 26.1 Å². The van der Waals surface area contributed by atoms with Crippen molar-refractivity contribution in [2.75, 3.05) is 19.6 Å². The monoisotopic (exact) mass is 228 g/mol. The van der Waals surface area contributed by atoms with E-state index in [2.05, 4.69) is 0 Å². The van der Waals surface area contributed by atoms with Crippen LogP contribution in [0.1, 0.15) is 33.6 Å². The van der Waals surface area contributed by atoms with Gasteiger partial charge in [-0.1, -0.05) is 0 Å². The van der Waals surface area contributed by atoms with Crippen LogP contribution in [0.3, 0.4) is 0 Å². The minimum Gasteiger partial charge on any atom is -0.480 e. The Hall–Kier alpha value is -1.26. The van der Waals surface area contributed by atoms with Crippen LogP contribution in [0, 0.1) is 0 Å². The number of amides is 2. The smallest absolute Gasteiger partial charge is 0.329 e. The van der Waals surface area contributed by atoms with E-state index < -0.39 is 11.5 Å². The zero-order valence-electron chi connectivity index (χ0n) is 10.2. The van der Waals surface area contributed by atoms with E-state index in [1.807, 2.05) is 13.8 Å². The quantitative estimate of drug-likeness (QED) is 0.794. The van der Waals surface area contributed by atoms with Crippen molar-refractivity contribution < 1.29 is 14.7 Å². The van der Waals surface area contributed by atoms with Gasteiger partial charge in [-0.05, 0) is 33.6 Å². The molecule has 0 bridgehead atoms. The summed E-state index contributed by atoms with van der Waals surface area (Å²) in [5.74, 6) is -0.912. The largest absolute Gasteiger partial charge is 0.480 e. The van der Waals surface area contributed by atoms with Crippen LogP contribution in [0.5, 0.6) is 0 Å². The number of aliphatic carboxylic acids is 1. The summed E-state index contributed by atoms with van der Waals surface area (Å²) in [6, 6.07) is -0.160. The van der Waals surface area contributed by atoms with Crippen molar-refractivity contribution in [3.8, 4) is 0 Å². The highest BCUT2D eigenvalue weighted by atomic mass is 16.4. The predicted molar refractivity (Wildman–Crippen MR) is 60.3 cm³/mol. The Bertz CT molecular complexity index is 289. The van der Waals surface area contributed by atoms with E-state index in [-0.39, 0.29) is 6.03 Å². The van der Waals surface area contributed by atoms with Crippen LogP contribution in [0.25, 0.3) is 0 Å². The van der Waals surface area contributed by atoms with Gasteiger partial charge in [0.1, 0.15) is 5.54 Å². The molecular formula is C11H20N2O3. The van der Waals surface area contributed by atoms with E-state index in [1.54, 1.807) is 11.8 Å². The lowest BCUT2D eigenvalue weighted by atomic mass is 10.00. The van der Waals surface area contributed by atoms with Crippen molar-refractivity contribution in [3.05, 3.63) is 0 Å². The molecule has 16 heavy (non-hydrogen) atoms. The lowest BCUT2D eigenvalue weighted by Gasteiger charge is -2.35. The number of urea groups is 1. The topological polar surface area (TPSA) is 60.9 Å². The predicted octanol–water partition coefficient (Wildman–Crippen LogP) is 1.39. The molecule has 0 saturated carbocycles. The fourth-order valence-corrected chi connectivity index (χ4v) is 2.16. The number of rotatable bonds is 3. The summed E-state index contributed by atoms with van der Waals surface area (Å²) >= 11 is 0. The number of nitrogens with zero attached hydrogens (tertiary/aromatic N) is 2. The van der Waals surface area contributed by atoms with E-state index in [4.69, 9.17) is 0 Å². The summed E-state index contributed by atoms with van der Waals surface area (Å²) in [7, 11) is 0. The summed E-state index contributed by atoms with van der Waals surface area (Å²) in [5.41, 5.74) is -1.03. The van der Waals surface area contributed by atoms with Crippen molar-refractivity contribution in [3.63, 3.8) is 0 Å². The van der Waals surface area contributed by atoms with Gasteiger partial charge in [-0.15, -0.1) is 0 Å². The van der Waals surface area contributed by atoms with Gasteiger partial charge >= 0.3 is 12.0 Å². The van der Waals surface area contributed by atoms with Gasteiger partial charge in [0.25, 0.3) is 0 Å². The van der Waals surface area contributed by atoms with E-state index >= 15 is 0 Å². The van der Waals surface area contributed by atoms with Gasteiger partial charge < -0.3 is 14.9 Å². The standard InChI is InChI=1S/C11H20N2O3/c1-4-12(5-2)10(16)13-8-6-7-11(13,3)9(14)15/h4-8H2,1-3H3,(H,14,15). The summed E-state index contributed by atoms with van der Waals surface area (Å²) < 4.78 is 0. The molecule has 92 valence electrons. The maximum Gasteiger partial charge on any atom is 0.329 e. The van der Waals surface area contributed by atoms with Gasteiger partial charge in [-0.25, -0.2) is 9.59 Å². The van der Waals surface area contributed by atoms with Crippen LogP contribution < -0.4 is 0 Å². The highest BCUT2D eigenvalue weighted by Gasteiger charge is 2.46. The Balaban J connectivity index is 2.87. The lowest BCUT2D eigenvalue weighted by molar-refractivity contribution is -0.147. The SMILES string of the molecule is CCN(CC)C(=O)N1CCCC1(C)C(=O)O. The highest BCUT2D eigenvalue weighted by molar-refractivity contribution is 5.86. The molecule has 1 unspecified atom stereocenters. The molecule has 1 N–H and O–H groups in total. The molecule has 0 aromatic carbocycles. The Labute approximate surface area is 96.0 Å². The van der Waals surface area contributed by atoms with E-state index in [0.717, 1.165) is 6.42 Å². The molecular weight excluding hydrogens is 208 g/mol. The van der Waals surface area contributed by atoms with Crippen molar-refractivity contribution in [2.45, 2.75) is 39.2 Å². The molecule has 1 aliphatic rings. The molecule has 0 aliphatic carbocycles. The normalized spacial score (nSPS) is 24.6. The number of carbonyl (C=O) groups excluding carboxylic acids is 1. The Kier molecular flexibility index (Phi) is 3.78. The van der Waals surface area contributed by atoms with Gasteiger partial charge in [0.15, 0.2) is 0 Å². The first-order valence-corrected chi connectivity index (χ1v) is 5.77. The first-order chi connectivity index (χ1) is 7.47. The maximum atomic E-state index is 12.1. The summed E-state index contributed by atoms with van der Waals surface area (Å²) in [4.78, 5) is 26.5. The average molecular weight is 228 g/mol. The summed E-state index contributed by atoms with van der Waals surface area (Å²) in [5, 5.41) is 9.21. The van der Waals surface area contributed by atoms with Crippen molar-refractivity contribution >= 4 is 12.0 Å². The van der Waals surface area contributed by atoms with Crippen LogP contribution in [-0.2, 0) is 4.79 Å². The van der Waals surface area contributed by atoms with Gasteiger partial charge in [-0.2, -0.15) is 0 Å². The third kappa shape index (κ3) is 1.99. The average Bonchev–Trinajstić information content (AvgIpc) is 2.63. The third-order valence-corrected chi connectivity index (χ3v) is 3.37. The molecule has 1 saturated heterocycles. The van der Waals surface area contributed by atoms with Crippen LogP contribution in [-0.4, -0.2) is 52.1 Å². The second kappa shape index (κ2) is 4.72. The molecule has 0 aromatic rings. The fraction of sp³-hybridized carbons (Fsp3) is 0.818. The highest BCUT2D eigenvalue weighted by Crippen LogP contribution is 2.30. The maximum absolute atomic E-state index is 12.1. The van der Waals surface area contributed by atoms with Crippen LogP contribution in [0.2, 0.25) is 0 Å². The second-order valence-electron chi connectivity index (χ2n) is 4.29. The Morgan fingerprint density at radius 1 is 1.38 bits per heavy atom. The number of carboxylic acids is 1. The summed E-state index contributed by atoms with van der Waals surface area (Å²) in [6.45, 7) is 7.19. The van der Waals surface area contributed by atoms with Gasteiger partial charge in [0, 0.05) is 19.6 Å². The Morgan fingerprint density at radius 2 is 1.94 bits per heavy atom. The minimum atomic E-state index is -1.03. The third-order valence-electron chi connectivity index (χ3n) is 3.37. The molecule has 2 amide bonds. The molecule has 5 heteroatoms. The molecule has 0 aromatic heterocycles. The second-order valence-corrected chi connectivity index (χ2v) is 4.29. The van der Waals surface area contributed by atoms with E-state index in [1.165, 1.54) is 4.90 Å². The van der Waals surface area contributed by atoms with Gasteiger partial charge in [-0.3, -0.25) is 0 Å². The molecule has 1 aliphatic heterocycles. The lowest BCUT2D eigenvalue weighted by Crippen LogP contribution is -2.55. The van der Waals surface area contributed by atoms with Gasteiger partial charge in [0.2, 0.25) is 0 Å². The molecule has 1 rings (SSSR count). The van der Waals surface area contributed by atoms with Crippen molar-refractivity contribution in [1.82, 2.24) is 9.80 Å². The van der Waals surface area contributed by atoms with Crippen LogP contribution in [0.4, 0.5) is 4.79 Å².